The summed E-state index contributed by atoms with van der Waals surface area (Å²) in [5.41, 5.74) is 2.33. The van der Waals surface area contributed by atoms with E-state index in [1.165, 1.54) is 11.3 Å². The fraction of sp³-hybridized carbons (Fsp3) is 0.375. The van der Waals surface area contributed by atoms with E-state index in [1.54, 1.807) is 25.1 Å². The van der Waals surface area contributed by atoms with Gasteiger partial charge in [0.05, 0.1) is 22.2 Å². The second-order valence-corrected chi connectivity index (χ2v) is 10.1. The lowest BCUT2D eigenvalue weighted by Crippen LogP contribution is -2.17. The number of thiophene rings is 1. The standard InChI is InChI=1S/C24H24Cl2N2O4S/c1-4-10-31-24(30)19-14-9-8-12(2)11-17(14)33-23(19)27-22(29)18-13(3)32-28-21(18)20-15(25)6-5-7-16(20)26/h5-7,12H,4,8-11H2,1-3H3,(H,27,29). The Bertz CT molecular complexity index is 1200. The molecule has 1 aliphatic carbocycles. The highest BCUT2D eigenvalue weighted by Crippen LogP contribution is 2.41. The largest absolute Gasteiger partial charge is 0.462 e. The molecule has 3 aromatic rings. The number of carbonyl (C=O) groups is 2. The first-order valence-corrected chi connectivity index (χ1v) is 12.4. The van der Waals surface area contributed by atoms with Crippen LogP contribution in [0.1, 0.15) is 63.6 Å². The van der Waals surface area contributed by atoms with E-state index in [9.17, 15) is 9.59 Å². The molecule has 2 heterocycles. The molecule has 0 aliphatic heterocycles. The number of aromatic nitrogens is 1. The summed E-state index contributed by atoms with van der Waals surface area (Å²) in [6, 6.07) is 5.06. The fourth-order valence-corrected chi connectivity index (χ4v) is 5.99. The van der Waals surface area contributed by atoms with Gasteiger partial charge in [0.1, 0.15) is 22.0 Å². The minimum atomic E-state index is -0.448. The number of carbonyl (C=O) groups excluding carboxylic acids is 2. The van der Waals surface area contributed by atoms with Crippen LogP contribution in [0.3, 0.4) is 0 Å². The van der Waals surface area contributed by atoms with Gasteiger partial charge in [0.2, 0.25) is 0 Å². The number of halogens is 2. The van der Waals surface area contributed by atoms with E-state index in [1.807, 2.05) is 6.92 Å². The summed E-state index contributed by atoms with van der Waals surface area (Å²) in [5, 5.41) is 8.17. The zero-order chi connectivity index (χ0) is 23.7. The molecule has 1 unspecified atom stereocenters. The number of esters is 1. The Morgan fingerprint density at radius 3 is 2.70 bits per heavy atom. The minimum absolute atomic E-state index is 0.220. The molecule has 1 atom stereocenters. The number of hydrogen-bond donors (Lipinski definition) is 1. The van der Waals surface area contributed by atoms with E-state index in [0.717, 1.165) is 36.1 Å². The Kier molecular flexibility index (Phi) is 7.12. The van der Waals surface area contributed by atoms with Crippen molar-refractivity contribution in [2.75, 3.05) is 11.9 Å². The molecule has 1 aromatic carbocycles. The van der Waals surface area contributed by atoms with Crippen LogP contribution < -0.4 is 5.32 Å². The molecule has 0 saturated heterocycles. The van der Waals surface area contributed by atoms with Crippen LogP contribution in [0.15, 0.2) is 22.7 Å². The average molecular weight is 507 g/mol. The van der Waals surface area contributed by atoms with E-state index in [-0.39, 0.29) is 11.3 Å². The number of nitrogens with zero attached hydrogens (tertiary/aromatic N) is 1. The van der Waals surface area contributed by atoms with Crippen LogP contribution in [0.25, 0.3) is 11.3 Å². The van der Waals surface area contributed by atoms with Crippen molar-refractivity contribution in [3.8, 4) is 11.3 Å². The number of ether oxygens (including phenoxy) is 1. The summed E-state index contributed by atoms with van der Waals surface area (Å²) in [5.74, 6) is -0.0106. The van der Waals surface area contributed by atoms with Crippen molar-refractivity contribution < 1.29 is 18.8 Å². The Morgan fingerprint density at radius 2 is 2.00 bits per heavy atom. The predicted octanol–water partition coefficient (Wildman–Crippen LogP) is 6.96. The number of aryl methyl sites for hydroxylation is 1. The van der Waals surface area contributed by atoms with Crippen molar-refractivity contribution in [3.63, 3.8) is 0 Å². The van der Waals surface area contributed by atoms with Crippen molar-refractivity contribution >= 4 is 51.4 Å². The third kappa shape index (κ3) is 4.67. The van der Waals surface area contributed by atoms with Gasteiger partial charge in [-0.05, 0) is 56.2 Å². The van der Waals surface area contributed by atoms with E-state index < -0.39 is 11.9 Å². The summed E-state index contributed by atoms with van der Waals surface area (Å²) in [4.78, 5) is 27.5. The van der Waals surface area contributed by atoms with Gasteiger partial charge in [0.25, 0.3) is 5.91 Å². The van der Waals surface area contributed by atoms with Crippen LogP contribution in [0.5, 0.6) is 0 Å². The third-order valence-corrected chi connectivity index (χ3v) is 7.47. The van der Waals surface area contributed by atoms with Crippen molar-refractivity contribution in [2.45, 2.75) is 46.5 Å². The third-order valence-electron chi connectivity index (χ3n) is 5.67. The summed E-state index contributed by atoms with van der Waals surface area (Å²) in [6.07, 6.45) is 3.37. The van der Waals surface area contributed by atoms with Gasteiger partial charge >= 0.3 is 5.97 Å². The molecule has 1 amide bonds. The number of nitrogens with one attached hydrogen (secondary N) is 1. The van der Waals surface area contributed by atoms with Crippen LogP contribution in [0.4, 0.5) is 5.00 Å². The van der Waals surface area contributed by atoms with Crippen LogP contribution in [-0.4, -0.2) is 23.6 Å². The lowest BCUT2D eigenvalue weighted by atomic mass is 9.88. The first kappa shape index (κ1) is 23.8. The molecule has 0 radical (unpaired) electrons. The first-order valence-electron chi connectivity index (χ1n) is 10.8. The van der Waals surface area contributed by atoms with E-state index in [4.69, 9.17) is 32.5 Å². The quantitative estimate of drug-likeness (QED) is 0.365. The molecular weight excluding hydrogens is 483 g/mol. The second kappa shape index (κ2) is 9.87. The normalized spacial score (nSPS) is 15.2. The molecule has 2 aromatic heterocycles. The topological polar surface area (TPSA) is 81.4 Å². The molecule has 0 fully saturated rings. The molecule has 0 bridgehead atoms. The molecular formula is C24H24Cl2N2O4S. The van der Waals surface area contributed by atoms with Gasteiger partial charge in [0.15, 0.2) is 0 Å². The van der Waals surface area contributed by atoms with Gasteiger partial charge < -0.3 is 14.6 Å². The lowest BCUT2D eigenvalue weighted by molar-refractivity contribution is 0.0505. The Hall–Kier alpha value is -2.35. The summed E-state index contributed by atoms with van der Waals surface area (Å²) >= 11 is 14.1. The Morgan fingerprint density at radius 1 is 1.27 bits per heavy atom. The molecule has 0 spiro atoms. The highest BCUT2D eigenvalue weighted by atomic mass is 35.5. The number of amides is 1. The maximum atomic E-state index is 13.4. The summed E-state index contributed by atoms with van der Waals surface area (Å²) in [7, 11) is 0. The van der Waals surface area contributed by atoms with Gasteiger partial charge in [-0.1, -0.05) is 48.3 Å². The van der Waals surface area contributed by atoms with Crippen LogP contribution in [0.2, 0.25) is 10.0 Å². The van der Waals surface area contributed by atoms with Gasteiger partial charge in [-0.3, -0.25) is 4.79 Å². The van der Waals surface area contributed by atoms with Gasteiger partial charge in [-0.25, -0.2) is 4.79 Å². The summed E-state index contributed by atoms with van der Waals surface area (Å²) < 4.78 is 10.8. The predicted molar refractivity (Wildman–Crippen MR) is 131 cm³/mol. The molecule has 1 aliphatic rings. The Labute approximate surface area is 206 Å². The molecule has 174 valence electrons. The first-order chi connectivity index (χ1) is 15.8. The zero-order valence-corrected chi connectivity index (χ0v) is 20.9. The SMILES string of the molecule is CCCOC(=O)c1c(NC(=O)c2c(-c3c(Cl)cccc3Cl)noc2C)sc2c1CCC(C)C2. The molecule has 1 N–H and O–H groups in total. The smallest absolute Gasteiger partial charge is 0.341 e. The van der Waals surface area contributed by atoms with Crippen LogP contribution in [0, 0.1) is 12.8 Å². The lowest BCUT2D eigenvalue weighted by Gasteiger charge is -2.18. The van der Waals surface area contributed by atoms with E-state index >= 15 is 0 Å². The van der Waals surface area contributed by atoms with Crippen LogP contribution in [-0.2, 0) is 17.6 Å². The number of rotatable bonds is 6. The highest BCUT2D eigenvalue weighted by Gasteiger charge is 2.31. The number of anilines is 1. The number of fused-ring (bicyclic) bond motifs is 1. The van der Waals surface area contributed by atoms with E-state index in [2.05, 4.69) is 17.4 Å². The fourth-order valence-electron chi connectivity index (χ4n) is 4.02. The highest BCUT2D eigenvalue weighted by molar-refractivity contribution is 7.17. The van der Waals surface area contributed by atoms with E-state index in [0.29, 0.717) is 44.5 Å². The van der Waals surface area contributed by atoms with Crippen molar-refractivity contribution in [1.82, 2.24) is 5.16 Å². The minimum Gasteiger partial charge on any atom is -0.462 e. The number of benzene rings is 1. The Balaban J connectivity index is 1.73. The number of hydrogen-bond acceptors (Lipinski definition) is 6. The van der Waals surface area contributed by atoms with Gasteiger partial charge in [-0.2, -0.15) is 0 Å². The molecule has 33 heavy (non-hydrogen) atoms. The van der Waals surface area contributed by atoms with Gasteiger partial charge in [0, 0.05) is 10.4 Å². The molecule has 4 rings (SSSR count). The summed E-state index contributed by atoms with van der Waals surface area (Å²) in [6.45, 7) is 6.10. The maximum absolute atomic E-state index is 13.4. The van der Waals surface area contributed by atoms with Gasteiger partial charge in [-0.15, -0.1) is 11.3 Å². The molecule has 9 heteroatoms. The average Bonchev–Trinajstić information content (AvgIpc) is 3.31. The zero-order valence-electron chi connectivity index (χ0n) is 18.6. The van der Waals surface area contributed by atoms with Crippen molar-refractivity contribution in [3.05, 3.63) is 55.6 Å². The van der Waals surface area contributed by atoms with Crippen molar-refractivity contribution in [1.29, 1.82) is 0 Å². The molecule has 0 saturated carbocycles. The van der Waals surface area contributed by atoms with Crippen molar-refractivity contribution in [2.24, 2.45) is 5.92 Å². The second-order valence-electron chi connectivity index (χ2n) is 8.20. The molecule has 6 nitrogen and oxygen atoms in total. The maximum Gasteiger partial charge on any atom is 0.341 e. The monoisotopic (exact) mass is 506 g/mol. The van der Waals surface area contributed by atoms with Crippen LogP contribution >= 0.6 is 34.5 Å².